The minimum Gasteiger partial charge on any atom is -0.337 e. The van der Waals surface area contributed by atoms with Crippen LogP contribution in [0.3, 0.4) is 0 Å². The summed E-state index contributed by atoms with van der Waals surface area (Å²) in [6.45, 7) is 4.71. The first kappa shape index (κ1) is 24.0. The van der Waals surface area contributed by atoms with Crippen LogP contribution < -0.4 is 0 Å². The third kappa shape index (κ3) is 5.65. The summed E-state index contributed by atoms with van der Waals surface area (Å²) in [4.78, 5) is 34.4. The molecular formula is C26H29ClN4O3. The molecule has 1 unspecified atom stereocenters. The van der Waals surface area contributed by atoms with Crippen LogP contribution in [0.15, 0.2) is 59.1 Å². The molecule has 0 aliphatic carbocycles. The van der Waals surface area contributed by atoms with Crippen molar-refractivity contribution in [1.29, 1.82) is 0 Å². The fourth-order valence-electron chi connectivity index (χ4n) is 4.21. The van der Waals surface area contributed by atoms with E-state index < -0.39 is 0 Å². The first-order chi connectivity index (χ1) is 16.4. The average Bonchev–Trinajstić information content (AvgIpc) is 3.34. The van der Waals surface area contributed by atoms with Crippen LogP contribution in [0.1, 0.15) is 50.6 Å². The molecule has 34 heavy (non-hydrogen) atoms. The summed E-state index contributed by atoms with van der Waals surface area (Å²) >= 11 is 5.98. The Balaban J connectivity index is 1.52. The monoisotopic (exact) mass is 480 g/mol. The number of nitrogens with zero attached hydrogens (tertiary/aromatic N) is 4. The van der Waals surface area contributed by atoms with Crippen molar-refractivity contribution in [3.63, 3.8) is 0 Å². The summed E-state index contributed by atoms with van der Waals surface area (Å²) in [5.74, 6) is 0.522. The maximum Gasteiger partial charge on any atom is 0.249 e. The number of hydrogen-bond donors (Lipinski definition) is 0. The number of carbonyl (C=O) groups excluding carboxylic acids is 2. The Morgan fingerprint density at radius 1 is 1.12 bits per heavy atom. The molecule has 0 bridgehead atoms. The van der Waals surface area contributed by atoms with Crippen molar-refractivity contribution < 1.29 is 14.1 Å². The molecular weight excluding hydrogens is 452 g/mol. The van der Waals surface area contributed by atoms with Gasteiger partial charge < -0.3 is 14.3 Å². The molecule has 1 fully saturated rings. The Morgan fingerprint density at radius 2 is 1.85 bits per heavy atom. The topological polar surface area (TPSA) is 79.5 Å². The van der Waals surface area contributed by atoms with E-state index in [-0.39, 0.29) is 30.3 Å². The molecule has 0 N–H and O–H groups in total. The van der Waals surface area contributed by atoms with Crippen molar-refractivity contribution in [2.24, 2.45) is 5.92 Å². The van der Waals surface area contributed by atoms with E-state index in [1.165, 1.54) is 0 Å². The molecule has 4 rings (SSSR count). The van der Waals surface area contributed by atoms with Gasteiger partial charge in [-0.1, -0.05) is 60.9 Å². The molecule has 0 saturated carbocycles. The number of aromatic nitrogens is 2. The molecule has 0 spiro atoms. The number of piperidine rings is 1. The summed E-state index contributed by atoms with van der Waals surface area (Å²) in [6, 6.07) is 16.6. The molecule has 1 aromatic heterocycles. The number of amides is 2. The first-order valence-corrected chi connectivity index (χ1v) is 12.0. The van der Waals surface area contributed by atoms with Gasteiger partial charge in [0, 0.05) is 29.6 Å². The van der Waals surface area contributed by atoms with Crippen molar-refractivity contribution in [3.8, 4) is 11.4 Å². The summed E-state index contributed by atoms with van der Waals surface area (Å²) in [6.07, 6.45) is 2.60. The Hall–Kier alpha value is -3.19. The largest absolute Gasteiger partial charge is 0.337 e. The van der Waals surface area contributed by atoms with Gasteiger partial charge in [0.05, 0.1) is 0 Å². The zero-order valence-corrected chi connectivity index (χ0v) is 20.2. The van der Waals surface area contributed by atoms with E-state index in [2.05, 4.69) is 10.1 Å². The molecule has 1 aliphatic heterocycles. The van der Waals surface area contributed by atoms with Gasteiger partial charge in [0.25, 0.3) is 0 Å². The molecule has 3 aromatic rings. The van der Waals surface area contributed by atoms with Crippen molar-refractivity contribution in [1.82, 2.24) is 19.9 Å². The predicted octanol–water partition coefficient (Wildman–Crippen LogP) is 5.13. The Labute approximate surface area is 204 Å². The quantitative estimate of drug-likeness (QED) is 0.468. The minimum absolute atomic E-state index is 0.0145. The molecule has 2 aromatic carbocycles. The van der Waals surface area contributed by atoms with Crippen molar-refractivity contribution in [2.45, 2.75) is 45.7 Å². The van der Waals surface area contributed by atoms with Gasteiger partial charge in [0.1, 0.15) is 12.6 Å². The van der Waals surface area contributed by atoms with Gasteiger partial charge in [-0.3, -0.25) is 9.59 Å². The van der Waals surface area contributed by atoms with Crippen LogP contribution in [-0.4, -0.2) is 44.8 Å². The summed E-state index contributed by atoms with van der Waals surface area (Å²) in [5.41, 5.74) is 1.79. The summed E-state index contributed by atoms with van der Waals surface area (Å²) < 4.78 is 5.59. The van der Waals surface area contributed by atoms with Gasteiger partial charge in [-0.15, -0.1) is 0 Å². The lowest BCUT2D eigenvalue weighted by atomic mass is 10.0. The number of rotatable bonds is 7. The lowest BCUT2D eigenvalue weighted by Crippen LogP contribution is -2.46. The van der Waals surface area contributed by atoms with E-state index in [0.717, 1.165) is 30.4 Å². The highest BCUT2D eigenvalue weighted by Gasteiger charge is 2.34. The zero-order valence-electron chi connectivity index (χ0n) is 19.5. The van der Waals surface area contributed by atoms with E-state index in [1.54, 1.807) is 21.9 Å². The van der Waals surface area contributed by atoms with Crippen molar-refractivity contribution >= 4 is 23.4 Å². The Bertz CT molecular complexity index is 1110. The van der Waals surface area contributed by atoms with E-state index in [4.69, 9.17) is 16.1 Å². The van der Waals surface area contributed by atoms with Gasteiger partial charge in [0.15, 0.2) is 0 Å². The second-order valence-electron chi connectivity index (χ2n) is 8.90. The fraction of sp³-hybridized carbons (Fsp3) is 0.385. The second kappa shape index (κ2) is 10.8. The van der Waals surface area contributed by atoms with Gasteiger partial charge in [-0.2, -0.15) is 4.98 Å². The Kier molecular flexibility index (Phi) is 7.63. The third-order valence-corrected chi connectivity index (χ3v) is 6.25. The van der Waals surface area contributed by atoms with Crippen LogP contribution in [0.25, 0.3) is 11.4 Å². The predicted molar refractivity (Wildman–Crippen MR) is 130 cm³/mol. The smallest absolute Gasteiger partial charge is 0.249 e. The third-order valence-electron chi connectivity index (χ3n) is 6.00. The molecule has 1 saturated heterocycles. The lowest BCUT2D eigenvalue weighted by molar-refractivity contribution is -0.145. The second-order valence-corrected chi connectivity index (χ2v) is 9.33. The zero-order chi connectivity index (χ0) is 24.1. The normalized spacial score (nSPS) is 16.0. The number of benzene rings is 2. The van der Waals surface area contributed by atoms with E-state index in [9.17, 15) is 9.59 Å². The van der Waals surface area contributed by atoms with E-state index >= 15 is 0 Å². The van der Waals surface area contributed by atoms with Gasteiger partial charge in [-0.05, 0) is 49.1 Å². The van der Waals surface area contributed by atoms with Gasteiger partial charge in [0.2, 0.25) is 23.5 Å². The SMILES string of the molecule is CC(C)C(=O)N(CC(=O)N1CCCCC1c1nc(-c2ccc(Cl)cc2)no1)Cc1ccccc1. The molecule has 2 heterocycles. The molecule has 8 heteroatoms. The summed E-state index contributed by atoms with van der Waals surface area (Å²) in [5, 5.41) is 4.75. The minimum atomic E-state index is -0.303. The van der Waals surface area contributed by atoms with Crippen LogP contribution >= 0.6 is 11.6 Å². The number of likely N-dealkylation sites (tertiary alicyclic amines) is 1. The maximum atomic E-state index is 13.5. The molecule has 1 aliphatic rings. The number of halogens is 1. The molecule has 0 radical (unpaired) electrons. The van der Waals surface area contributed by atoms with Crippen molar-refractivity contribution in [2.75, 3.05) is 13.1 Å². The molecule has 7 nitrogen and oxygen atoms in total. The number of carbonyl (C=O) groups is 2. The Morgan fingerprint density at radius 3 is 2.56 bits per heavy atom. The van der Waals surface area contributed by atoms with Crippen molar-refractivity contribution in [3.05, 3.63) is 71.1 Å². The van der Waals surface area contributed by atoms with Crippen LogP contribution in [-0.2, 0) is 16.1 Å². The highest BCUT2D eigenvalue weighted by Crippen LogP contribution is 2.31. The first-order valence-electron chi connectivity index (χ1n) is 11.6. The highest BCUT2D eigenvalue weighted by molar-refractivity contribution is 6.30. The van der Waals surface area contributed by atoms with E-state index in [0.29, 0.717) is 29.8 Å². The number of hydrogen-bond acceptors (Lipinski definition) is 5. The highest BCUT2D eigenvalue weighted by atomic mass is 35.5. The molecule has 178 valence electrons. The van der Waals surface area contributed by atoms with Crippen LogP contribution in [0.2, 0.25) is 5.02 Å². The maximum absolute atomic E-state index is 13.5. The van der Waals surface area contributed by atoms with Gasteiger partial charge >= 0.3 is 0 Å². The lowest BCUT2D eigenvalue weighted by Gasteiger charge is -2.35. The fourth-order valence-corrected chi connectivity index (χ4v) is 4.33. The summed E-state index contributed by atoms with van der Waals surface area (Å²) in [7, 11) is 0. The van der Waals surface area contributed by atoms with E-state index in [1.807, 2.05) is 56.3 Å². The molecule has 1 atom stereocenters. The van der Waals surface area contributed by atoms with Crippen LogP contribution in [0, 0.1) is 5.92 Å². The average molecular weight is 481 g/mol. The van der Waals surface area contributed by atoms with Gasteiger partial charge in [-0.25, -0.2) is 0 Å². The van der Waals surface area contributed by atoms with Crippen LogP contribution in [0.5, 0.6) is 0 Å². The molecule has 2 amide bonds. The van der Waals surface area contributed by atoms with Crippen LogP contribution in [0.4, 0.5) is 0 Å². The standard InChI is InChI=1S/C26H29ClN4O3/c1-18(2)26(33)30(16-19-8-4-3-5-9-19)17-23(32)31-15-7-6-10-22(31)25-28-24(29-34-25)20-11-13-21(27)14-12-20/h3-5,8-9,11-14,18,22H,6-7,10,15-17H2,1-2H3.